The summed E-state index contributed by atoms with van der Waals surface area (Å²) in [6.45, 7) is 3.92. The number of nitrogens with one attached hydrogen (secondary N) is 1. The van der Waals surface area contributed by atoms with Crippen molar-refractivity contribution >= 4 is 23.6 Å². The molecule has 1 aromatic rings. The normalized spacial score (nSPS) is 11.9. The van der Waals surface area contributed by atoms with E-state index in [1.165, 1.54) is 0 Å². The molecule has 0 aliphatic rings. The standard InChI is InChI=1S/C15H21NO3S/c1-10-4-5-11(2)12(8-10)9-14(17)16-13(15(18)19)6-7-20-3/h4-5,8,13H,6-7,9H2,1-3H3,(H,16,17)(H,18,19). The van der Waals surface area contributed by atoms with Crippen molar-refractivity contribution in [3.8, 4) is 0 Å². The number of carbonyl (C=O) groups excluding carboxylic acids is 1. The van der Waals surface area contributed by atoms with Gasteiger partial charge in [0.15, 0.2) is 0 Å². The van der Waals surface area contributed by atoms with Gasteiger partial charge in [-0.25, -0.2) is 4.79 Å². The molecule has 0 aromatic heterocycles. The van der Waals surface area contributed by atoms with E-state index in [1.807, 2.05) is 38.3 Å². The third kappa shape index (κ3) is 5.25. The SMILES string of the molecule is CSCCC(NC(=O)Cc1cc(C)ccc1C)C(=O)O. The molecule has 0 bridgehead atoms. The summed E-state index contributed by atoms with van der Waals surface area (Å²) in [5.74, 6) is -0.513. The predicted molar refractivity (Wildman–Crippen MR) is 82.2 cm³/mol. The Morgan fingerprint density at radius 1 is 1.35 bits per heavy atom. The summed E-state index contributed by atoms with van der Waals surface area (Å²) in [4.78, 5) is 23.1. The molecule has 0 saturated carbocycles. The van der Waals surface area contributed by atoms with Crippen LogP contribution in [-0.2, 0) is 16.0 Å². The molecule has 0 aliphatic heterocycles. The molecular formula is C15H21NO3S. The molecule has 20 heavy (non-hydrogen) atoms. The van der Waals surface area contributed by atoms with E-state index >= 15 is 0 Å². The maximum absolute atomic E-state index is 12.0. The van der Waals surface area contributed by atoms with Crippen molar-refractivity contribution in [3.05, 3.63) is 34.9 Å². The van der Waals surface area contributed by atoms with Gasteiger partial charge in [-0.05, 0) is 43.4 Å². The fraction of sp³-hybridized carbons (Fsp3) is 0.467. The zero-order chi connectivity index (χ0) is 15.1. The molecule has 1 amide bonds. The molecule has 0 saturated heterocycles. The number of hydrogen-bond acceptors (Lipinski definition) is 3. The van der Waals surface area contributed by atoms with Crippen LogP contribution in [0.1, 0.15) is 23.1 Å². The Hall–Kier alpha value is -1.49. The smallest absolute Gasteiger partial charge is 0.326 e. The number of carboxylic acids is 1. The zero-order valence-corrected chi connectivity index (χ0v) is 12.9. The molecule has 0 heterocycles. The van der Waals surface area contributed by atoms with Crippen LogP contribution in [0, 0.1) is 13.8 Å². The van der Waals surface area contributed by atoms with Crippen molar-refractivity contribution in [2.24, 2.45) is 0 Å². The number of hydrogen-bond donors (Lipinski definition) is 2. The van der Waals surface area contributed by atoms with E-state index in [9.17, 15) is 9.59 Å². The van der Waals surface area contributed by atoms with Gasteiger partial charge >= 0.3 is 5.97 Å². The topological polar surface area (TPSA) is 66.4 Å². The molecule has 0 spiro atoms. The molecule has 0 aliphatic carbocycles. The Morgan fingerprint density at radius 2 is 2.05 bits per heavy atom. The molecule has 0 radical (unpaired) electrons. The van der Waals surface area contributed by atoms with Crippen LogP contribution in [0.3, 0.4) is 0 Å². The minimum Gasteiger partial charge on any atom is -0.480 e. The number of rotatable bonds is 7. The largest absolute Gasteiger partial charge is 0.480 e. The van der Waals surface area contributed by atoms with Crippen LogP contribution in [0.25, 0.3) is 0 Å². The highest BCUT2D eigenvalue weighted by atomic mass is 32.2. The first kappa shape index (κ1) is 16.6. The second-order valence-corrected chi connectivity index (χ2v) is 5.83. The summed E-state index contributed by atoms with van der Waals surface area (Å²) in [5.41, 5.74) is 3.08. The molecule has 1 unspecified atom stereocenters. The zero-order valence-electron chi connectivity index (χ0n) is 12.1. The van der Waals surface area contributed by atoms with E-state index in [1.54, 1.807) is 11.8 Å². The molecule has 1 rings (SSSR count). The monoisotopic (exact) mass is 295 g/mol. The van der Waals surface area contributed by atoms with Crippen LogP contribution in [-0.4, -0.2) is 35.0 Å². The van der Waals surface area contributed by atoms with Crippen molar-refractivity contribution in [2.45, 2.75) is 32.7 Å². The van der Waals surface area contributed by atoms with Crippen LogP contribution >= 0.6 is 11.8 Å². The number of thioether (sulfide) groups is 1. The maximum Gasteiger partial charge on any atom is 0.326 e. The fourth-order valence-electron chi connectivity index (χ4n) is 1.90. The van der Waals surface area contributed by atoms with Crippen LogP contribution in [0.2, 0.25) is 0 Å². The van der Waals surface area contributed by atoms with E-state index in [0.29, 0.717) is 12.2 Å². The Kier molecular flexibility index (Phi) is 6.58. The van der Waals surface area contributed by atoms with Gasteiger partial charge in [0.2, 0.25) is 5.91 Å². The van der Waals surface area contributed by atoms with E-state index < -0.39 is 12.0 Å². The molecule has 0 fully saturated rings. The van der Waals surface area contributed by atoms with Crippen molar-refractivity contribution in [1.82, 2.24) is 5.32 Å². The van der Waals surface area contributed by atoms with Crippen molar-refractivity contribution in [2.75, 3.05) is 12.0 Å². The first-order chi connectivity index (χ1) is 9.43. The first-order valence-corrected chi connectivity index (χ1v) is 7.90. The number of carboxylic acid groups (broad SMARTS) is 1. The summed E-state index contributed by atoms with van der Waals surface area (Å²) < 4.78 is 0. The van der Waals surface area contributed by atoms with Gasteiger partial charge in [0, 0.05) is 0 Å². The third-order valence-corrected chi connectivity index (χ3v) is 3.74. The first-order valence-electron chi connectivity index (χ1n) is 6.51. The summed E-state index contributed by atoms with van der Waals surface area (Å²) in [7, 11) is 0. The number of benzene rings is 1. The Morgan fingerprint density at radius 3 is 2.65 bits per heavy atom. The van der Waals surface area contributed by atoms with Crippen molar-refractivity contribution in [3.63, 3.8) is 0 Å². The molecule has 5 heteroatoms. The summed E-state index contributed by atoms with van der Waals surface area (Å²) >= 11 is 1.57. The molecule has 110 valence electrons. The summed E-state index contributed by atoms with van der Waals surface area (Å²) in [6.07, 6.45) is 2.57. The van der Waals surface area contributed by atoms with Crippen LogP contribution in [0.5, 0.6) is 0 Å². The molecule has 2 N–H and O–H groups in total. The molecule has 1 atom stereocenters. The summed E-state index contributed by atoms with van der Waals surface area (Å²) in [6, 6.07) is 5.13. The lowest BCUT2D eigenvalue weighted by Crippen LogP contribution is -2.41. The quantitative estimate of drug-likeness (QED) is 0.809. The van der Waals surface area contributed by atoms with Crippen LogP contribution in [0.4, 0.5) is 0 Å². The average Bonchev–Trinajstić information content (AvgIpc) is 2.38. The van der Waals surface area contributed by atoms with Crippen molar-refractivity contribution < 1.29 is 14.7 Å². The van der Waals surface area contributed by atoms with Gasteiger partial charge in [0.25, 0.3) is 0 Å². The lowest BCUT2D eigenvalue weighted by molar-refractivity contribution is -0.141. The number of aliphatic carboxylic acids is 1. The van der Waals surface area contributed by atoms with E-state index in [-0.39, 0.29) is 12.3 Å². The van der Waals surface area contributed by atoms with Gasteiger partial charge in [-0.2, -0.15) is 11.8 Å². The number of aryl methyl sites for hydroxylation is 2. The maximum atomic E-state index is 12.0. The highest BCUT2D eigenvalue weighted by Gasteiger charge is 2.19. The second kappa shape index (κ2) is 7.94. The molecule has 1 aromatic carbocycles. The van der Waals surface area contributed by atoms with Gasteiger partial charge in [-0.3, -0.25) is 4.79 Å². The van der Waals surface area contributed by atoms with E-state index in [4.69, 9.17) is 5.11 Å². The van der Waals surface area contributed by atoms with E-state index in [0.717, 1.165) is 16.7 Å². The summed E-state index contributed by atoms with van der Waals surface area (Å²) in [5, 5.41) is 11.7. The number of amides is 1. The second-order valence-electron chi connectivity index (χ2n) is 4.85. The number of carbonyl (C=O) groups is 2. The Bertz CT molecular complexity index is 488. The Labute approximate surface area is 124 Å². The minimum absolute atomic E-state index is 0.219. The van der Waals surface area contributed by atoms with Gasteiger partial charge in [-0.15, -0.1) is 0 Å². The van der Waals surface area contributed by atoms with Crippen molar-refractivity contribution in [1.29, 1.82) is 0 Å². The lowest BCUT2D eigenvalue weighted by atomic mass is 10.0. The highest BCUT2D eigenvalue weighted by Crippen LogP contribution is 2.11. The van der Waals surface area contributed by atoms with Gasteiger partial charge < -0.3 is 10.4 Å². The van der Waals surface area contributed by atoms with Gasteiger partial charge in [-0.1, -0.05) is 23.8 Å². The lowest BCUT2D eigenvalue weighted by Gasteiger charge is -2.14. The Balaban J connectivity index is 2.65. The highest BCUT2D eigenvalue weighted by molar-refractivity contribution is 7.98. The third-order valence-electron chi connectivity index (χ3n) is 3.10. The minimum atomic E-state index is -0.978. The van der Waals surface area contributed by atoms with E-state index in [2.05, 4.69) is 5.32 Å². The van der Waals surface area contributed by atoms with Gasteiger partial charge in [0.05, 0.1) is 6.42 Å². The molecular weight excluding hydrogens is 274 g/mol. The predicted octanol–water partition coefficient (Wildman–Crippen LogP) is 2.17. The molecule has 4 nitrogen and oxygen atoms in total. The fourth-order valence-corrected chi connectivity index (χ4v) is 2.37. The van der Waals surface area contributed by atoms with Crippen LogP contribution in [0.15, 0.2) is 18.2 Å². The average molecular weight is 295 g/mol. The van der Waals surface area contributed by atoms with Crippen LogP contribution < -0.4 is 5.32 Å². The van der Waals surface area contributed by atoms with Gasteiger partial charge in [0.1, 0.15) is 6.04 Å².